The summed E-state index contributed by atoms with van der Waals surface area (Å²) in [7, 11) is 3.49. The van der Waals surface area contributed by atoms with Crippen LogP contribution in [0.2, 0.25) is 0 Å². The predicted octanol–water partition coefficient (Wildman–Crippen LogP) is -2.06. The van der Waals surface area contributed by atoms with E-state index in [0.717, 1.165) is 45.2 Å². The maximum Gasteiger partial charge on any atom is 0.234 e. The summed E-state index contributed by atoms with van der Waals surface area (Å²) in [4.78, 5) is 26.1. The van der Waals surface area contributed by atoms with Crippen molar-refractivity contribution in [1.29, 1.82) is 0 Å². The highest BCUT2D eigenvalue weighted by Gasteiger charge is 2.32. The lowest BCUT2D eigenvalue weighted by atomic mass is 10.1. The smallest absolute Gasteiger partial charge is 0.234 e. The fraction of sp³-hybridized carbons (Fsp3) is 0.889. The minimum absolute atomic E-state index is 0.0689. The van der Waals surface area contributed by atoms with Crippen molar-refractivity contribution in [3.8, 4) is 0 Å². The van der Waals surface area contributed by atoms with E-state index in [-0.39, 0.29) is 5.91 Å². The van der Waals surface area contributed by atoms with Gasteiger partial charge < -0.3 is 20.3 Å². The van der Waals surface area contributed by atoms with Crippen LogP contribution in [-0.2, 0) is 9.53 Å². The molecule has 9 heteroatoms. The third-order valence-corrected chi connectivity index (χ3v) is 5.77. The Bertz CT molecular complexity index is 500. The second-order valence-corrected chi connectivity index (χ2v) is 7.52. The van der Waals surface area contributed by atoms with Gasteiger partial charge in [-0.05, 0) is 0 Å². The van der Waals surface area contributed by atoms with Gasteiger partial charge >= 0.3 is 0 Å². The molecule has 0 aromatic carbocycles. The van der Waals surface area contributed by atoms with Crippen molar-refractivity contribution in [3.05, 3.63) is 0 Å². The third kappa shape index (κ3) is 5.78. The number of nitrogens with zero attached hydrogens (tertiary/aromatic N) is 5. The number of ether oxygens (including phenoxy) is 1. The highest BCUT2D eigenvalue weighted by molar-refractivity contribution is 5.80. The molecule has 1 unspecified atom stereocenters. The number of piperazine rings is 4. The van der Waals surface area contributed by atoms with Crippen LogP contribution in [0.25, 0.3) is 0 Å². The Kier molecular flexibility index (Phi) is 7.69. The van der Waals surface area contributed by atoms with Crippen molar-refractivity contribution in [3.63, 3.8) is 0 Å². The van der Waals surface area contributed by atoms with E-state index in [1.165, 1.54) is 26.2 Å². The molecule has 0 saturated carbocycles. The second-order valence-electron chi connectivity index (χ2n) is 7.52. The van der Waals surface area contributed by atoms with E-state index in [1.54, 1.807) is 7.11 Å². The SMILES string of the molecule is CN=C(NCC1CN2CCN1CC2)N1CCN(CC(=O)NCCOC)CC1. The van der Waals surface area contributed by atoms with Crippen molar-refractivity contribution in [2.24, 2.45) is 4.99 Å². The van der Waals surface area contributed by atoms with Gasteiger partial charge in [-0.2, -0.15) is 0 Å². The fourth-order valence-corrected chi connectivity index (χ4v) is 4.13. The Balaban J connectivity index is 1.36. The van der Waals surface area contributed by atoms with Crippen LogP contribution in [0.3, 0.4) is 0 Å². The first-order chi connectivity index (χ1) is 13.2. The molecule has 2 N–H and O–H groups in total. The highest BCUT2D eigenvalue weighted by Crippen LogP contribution is 2.15. The number of hydrogen-bond donors (Lipinski definition) is 2. The van der Waals surface area contributed by atoms with Gasteiger partial charge in [-0.25, -0.2) is 0 Å². The summed E-state index contributed by atoms with van der Waals surface area (Å²) in [6.45, 7) is 12.0. The number of fused-ring (bicyclic) bond motifs is 3. The standard InChI is InChI=1S/C18H35N7O2/c1-19-18(21-13-16-14-22-4-8-24(16)9-5-22)25-10-6-23(7-11-25)15-17(26)20-3-12-27-2/h16H,3-15H2,1-2H3,(H,19,21)(H,20,26). The van der Waals surface area contributed by atoms with E-state index < -0.39 is 0 Å². The summed E-state index contributed by atoms with van der Waals surface area (Å²) >= 11 is 0. The normalized spacial score (nSPS) is 29.0. The van der Waals surface area contributed by atoms with Crippen molar-refractivity contribution in [2.75, 3.05) is 99.3 Å². The summed E-state index contributed by atoms with van der Waals surface area (Å²) < 4.78 is 4.96. The van der Waals surface area contributed by atoms with E-state index in [9.17, 15) is 4.79 Å². The Hall–Kier alpha value is -1.42. The molecule has 0 aromatic rings. The molecule has 4 aliphatic rings. The quantitative estimate of drug-likeness (QED) is 0.298. The first-order valence-electron chi connectivity index (χ1n) is 10.1. The Morgan fingerprint density at radius 1 is 1.07 bits per heavy atom. The van der Waals surface area contributed by atoms with Gasteiger partial charge in [0.1, 0.15) is 0 Å². The number of aliphatic imine (C=N–C) groups is 1. The molecule has 0 spiro atoms. The zero-order valence-corrected chi connectivity index (χ0v) is 16.8. The lowest BCUT2D eigenvalue weighted by Crippen LogP contribution is -2.64. The lowest BCUT2D eigenvalue weighted by molar-refractivity contribution is -0.122. The van der Waals surface area contributed by atoms with Gasteiger partial charge in [0.05, 0.1) is 13.2 Å². The monoisotopic (exact) mass is 381 g/mol. The van der Waals surface area contributed by atoms with Crippen LogP contribution in [0.15, 0.2) is 4.99 Å². The number of guanidine groups is 1. The molecule has 2 bridgehead atoms. The Morgan fingerprint density at radius 3 is 2.41 bits per heavy atom. The van der Waals surface area contributed by atoms with Gasteiger partial charge in [-0.3, -0.25) is 24.5 Å². The van der Waals surface area contributed by atoms with E-state index in [4.69, 9.17) is 4.74 Å². The lowest BCUT2D eigenvalue weighted by Gasteiger charge is -2.47. The predicted molar refractivity (Wildman–Crippen MR) is 106 cm³/mol. The molecule has 4 aliphatic heterocycles. The average molecular weight is 382 g/mol. The van der Waals surface area contributed by atoms with Crippen LogP contribution in [0.1, 0.15) is 0 Å². The topological polar surface area (TPSA) is 75.7 Å². The van der Waals surface area contributed by atoms with Gasteiger partial charge in [0, 0.05) is 92.2 Å². The van der Waals surface area contributed by atoms with Crippen LogP contribution < -0.4 is 10.6 Å². The van der Waals surface area contributed by atoms with Crippen LogP contribution in [0.4, 0.5) is 0 Å². The molecule has 4 fully saturated rings. The number of rotatable bonds is 7. The third-order valence-electron chi connectivity index (χ3n) is 5.77. The van der Waals surface area contributed by atoms with Crippen LogP contribution in [-0.4, -0.2) is 137 Å². The van der Waals surface area contributed by atoms with Crippen molar-refractivity contribution in [1.82, 2.24) is 30.2 Å². The number of carbonyl (C=O) groups is 1. The van der Waals surface area contributed by atoms with Gasteiger partial charge in [0.15, 0.2) is 5.96 Å². The molecule has 27 heavy (non-hydrogen) atoms. The summed E-state index contributed by atoms with van der Waals surface area (Å²) in [6.07, 6.45) is 0. The molecular weight excluding hydrogens is 346 g/mol. The molecule has 4 saturated heterocycles. The zero-order chi connectivity index (χ0) is 19.1. The molecule has 0 radical (unpaired) electrons. The Morgan fingerprint density at radius 2 is 1.81 bits per heavy atom. The van der Waals surface area contributed by atoms with E-state index in [0.29, 0.717) is 25.7 Å². The first kappa shape index (κ1) is 20.3. The van der Waals surface area contributed by atoms with Gasteiger partial charge in [0.2, 0.25) is 5.91 Å². The zero-order valence-electron chi connectivity index (χ0n) is 16.8. The molecule has 0 aromatic heterocycles. The highest BCUT2D eigenvalue weighted by atomic mass is 16.5. The largest absolute Gasteiger partial charge is 0.383 e. The number of hydrogen-bond acceptors (Lipinski definition) is 6. The number of nitrogens with one attached hydrogen (secondary N) is 2. The van der Waals surface area contributed by atoms with Gasteiger partial charge in [-0.1, -0.05) is 0 Å². The van der Waals surface area contributed by atoms with Crippen LogP contribution in [0, 0.1) is 0 Å². The molecule has 9 nitrogen and oxygen atoms in total. The summed E-state index contributed by atoms with van der Waals surface area (Å²) in [5.74, 6) is 1.05. The minimum atomic E-state index is 0.0689. The van der Waals surface area contributed by atoms with E-state index in [1.807, 2.05) is 7.05 Å². The molecule has 154 valence electrons. The molecule has 1 amide bonds. The number of carbonyl (C=O) groups excluding carboxylic acids is 1. The number of methoxy groups -OCH3 is 1. The summed E-state index contributed by atoms with van der Waals surface area (Å²) in [5, 5.41) is 6.46. The van der Waals surface area contributed by atoms with E-state index in [2.05, 4.69) is 35.2 Å². The molecular formula is C18H35N7O2. The van der Waals surface area contributed by atoms with Crippen molar-refractivity contribution < 1.29 is 9.53 Å². The number of amides is 1. The molecule has 4 heterocycles. The summed E-state index contributed by atoms with van der Waals surface area (Å²) in [6, 6.07) is 0.585. The van der Waals surface area contributed by atoms with Crippen molar-refractivity contribution >= 4 is 11.9 Å². The van der Waals surface area contributed by atoms with Crippen molar-refractivity contribution in [2.45, 2.75) is 6.04 Å². The van der Waals surface area contributed by atoms with Crippen LogP contribution in [0.5, 0.6) is 0 Å². The maximum absolute atomic E-state index is 11.9. The minimum Gasteiger partial charge on any atom is -0.383 e. The van der Waals surface area contributed by atoms with Gasteiger partial charge in [0.25, 0.3) is 0 Å². The second kappa shape index (κ2) is 10.2. The molecule has 0 aliphatic carbocycles. The van der Waals surface area contributed by atoms with Gasteiger partial charge in [-0.15, -0.1) is 0 Å². The average Bonchev–Trinajstić information content (AvgIpc) is 2.71. The Labute approximate surface area is 162 Å². The molecule has 4 rings (SSSR count). The van der Waals surface area contributed by atoms with E-state index >= 15 is 0 Å². The fourth-order valence-electron chi connectivity index (χ4n) is 4.13. The summed E-state index contributed by atoms with van der Waals surface area (Å²) in [5.41, 5.74) is 0. The van der Waals surface area contributed by atoms with Crippen LogP contribution >= 0.6 is 0 Å². The first-order valence-corrected chi connectivity index (χ1v) is 10.1. The molecule has 1 atom stereocenters. The maximum atomic E-state index is 11.9.